The van der Waals surface area contributed by atoms with Gasteiger partial charge in [0.2, 0.25) is 0 Å². The lowest BCUT2D eigenvalue weighted by Gasteiger charge is -2.79. The first kappa shape index (κ1) is 55.4. The summed E-state index contributed by atoms with van der Waals surface area (Å²) in [6.07, 6.45) is 7.87. The van der Waals surface area contributed by atoms with Crippen LogP contribution < -0.4 is 15.9 Å². The third-order valence-corrected chi connectivity index (χ3v) is 51.8. The molecule has 0 radical (unpaired) electrons. The normalized spacial score (nSPS) is 66.8. The summed E-state index contributed by atoms with van der Waals surface area (Å²) in [5, 5.41) is 5.60. The fourth-order valence-corrected chi connectivity index (χ4v) is 55.3. The minimum atomic E-state index is -3.01. The van der Waals surface area contributed by atoms with Crippen molar-refractivity contribution in [2.24, 2.45) is 331 Å². The van der Waals surface area contributed by atoms with Crippen LogP contribution in [0.3, 0.4) is 0 Å². The van der Waals surface area contributed by atoms with E-state index in [9.17, 15) is 0 Å². The molecular weight excluding hydrogens is 1310 g/mol. The molecule has 0 spiro atoms. The van der Waals surface area contributed by atoms with Gasteiger partial charge in [-0.3, -0.25) is 24.4 Å². The Bertz CT molecular complexity index is 5290. The molecule has 30 aliphatic rings. The molecule has 29 fully saturated rings. The quantitative estimate of drug-likeness (QED) is 0.129. The van der Waals surface area contributed by atoms with Gasteiger partial charge in [0.15, 0.2) is 11.6 Å². The number of carbonyl (C=O) groups excluding carboxylic acids is 3. The Morgan fingerprint density at radius 1 is 0.311 bits per heavy atom. The van der Waals surface area contributed by atoms with Gasteiger partial charge in [0.1, 0.15) is 5.78 Å². The molecule has 2 aromatic heterocycles. The van der Waals surface area contributed by atoms with Crippen LogP contribution in [0.2, 0.25) is 0 Å². The SMILES string of the molecule is CC(C)(C)c1cccc(C23C=CC4(c5ncccc5C(C)(C)C)C(=O)C5C6C(=O)C7C8C9C%10C(=P(c%11ccccc%11)(c%11ccccc%11)c%11ccccc%11)C(=O)C%11C%10C%10C%12C9C9C8C8C%13C7C6C6C7C5C5C%14C%15C7C7C6C%13C6C8C8C9C9C%13C8C8C6C7C6C8C7C%13C8C(C%129)C%10C(C9C8C7C(C6%15)C%14C9C2C54)C%113)n1. The number of ketones is 3. The lowest BCUT2D eigenvalue weighted by molar-refractivity contribution is -0.293. The second-order valence-electron chi connectivity index (χ2n) is 47.6. The molecule has 0 saturated heterocycles. The molecule has 35 rings (SSSR count). The number of benzene rings is 3. The number of nitrogens with zero attached hydrogens (tertiary/aromatic N) is 2. The van der Waals surface area contributed by atoms with Crippen LogP contribution in [0.15, 0.2) is 140 Å². The summed E-state index contributed by atoms with van der Waals surface area (Å²) in [4.78, 5) is 71.5. The van der Waals surface area contributed by atoms with Crippen molar-refractivity contribution in [3.63, 3.8) is 0 Å². The van der Waals surface area contributed by atoms with Crippen molar-refractivity contribution < 1.29 is 14.4 Å². The number of allylic oxidation sites excluding steroid dienone is 2. The fraction of sp³-hybridized carbons (Fsp3) is 0.660. The first-order valence-corrected chi connectivity index (χ1v) is 46.8. The van der Waals surface area contributed by atoms with Crippen molar-refractivity contribution >= 4 is 45.4 Å². The number of Topliss-reactive ketones (excluding diaryl/α,β-unsaturated/α-hetero) is 3. The highest BCUT2D eigenvalue weighted by atomic mass is 31.2. The smallest absolute Gasteiger partial charge is 0.163 e. The van der Waals surface area contributed by atoms with Gasteiger partial charge in [-0.25, -0.2) is 0 Å². The Hall–Kier alpha value is -4.99. The van der Waals surface area contributed by atoms with Crippen LogP contribution in [-0.2, 0) is 36.0 Å². The van der Waals surface area contributed by atoms with E-state index >= 15 is 14.4 Å². The molecule has 106 heavy (non-hydrogen) atoms. The average Bonchev–Trinajstić information content (AvgIpc) is 1.39. The van der Waals surface area contributed by atoms with E-state index in [1.165, 1.54) is 38.2 Å². The first-order valence-electron chi connectivity index (χ1n) is 45.0. The Kier molecular flexibility index (Phi) is 8.14. The van der Waals surface area contributed by atoms with Crippen LogP contribution in [0.5, 0.6) is 0 Å². The molecule has 6 heteroatoms. The topological polar surface area (TPSA) is 77.0 Å². The van der Waals surface area contributed by atoms with Crippen LogP contribution >= 0.6 is 6.89 Å². The highest BCUT2D eigenvalue weighted by Crippen LogP contribution is 3.03. The van der Waals surface area contributed by atoms with Crippen molar-refractivity contribution in [1.29, 1.82) is 0 Å². The number of pyridine rings is 2. The van der Waals surface area contributed by atoms with E-state index < -0.39 is 17.7 Å². The van der Waals surface area contributed by atoms with E-state index in [-0.39, 0.29) is 70.0 Å². The van der Waals surface area contributed by atoms with Crippen LogP contribution in [0.1, 0.15) is 64.2 Å². The Balaban J connectivity index is 0.799. The molecule has 530 valence electrons. The van der Waals surface area contributed by atoms with Crippen molar-refractivity contribution in [2.75, 3.05) is 0 Å². The van der Waals surface area contributed by atoms with Crippen LogP contribution in [0, 0.1) is 331 Å². The number of rotatable bonds is 5. The summed E-state index contributed by atoms with van der Waals surface area (Å²) in [5.74, 6) is 35.7. The van der Waals surface area contributed by atoms with Gasteiger partial charge >= 0.3 is 0 Å². The van der Waals surface area contributed by atoms with E-state index in [0.717, 1.165) is 165 Å². The van der Waals surface area contributed by atoms with E-state index in [4.69, 9.17) is 9.97 Å². The zero-order valence-electron chi connectivity index (χ0n) is 61.7. The molecule has 0 bridgehead atoms. The standard InChI is InChI=1S/C100H97N2O3P/c1-97(2,3)33-24-17-29-101-95(33)100-28-27-99(35-26-16-25-34(102-35)98(4,5)6)89-81-71-61-51-43-39-37-36-38-41-45-40(36)47-46(39)55(61)68-56(47)62-54(45)63-57-50(41)53-52-44(38)48-42(37)49(43)59-65-58(48)64(52)74-75-66(53)69(57)79(83-73(63)72(62)82(78(68)81)90(99)91(83)100)87(96(100)105)85(75)92(103)84(74)76(65)77-67(59)60(51)70(71)80-86(77)94(93(104)88(80)89)106(30-18-10-7-11-19-30,31-20-12-8-13-21-31)32-22-14-9-15-23-32/h7-29,36-91H,1-6H3. The molecule has 58 unspecified atom stereocenters. The fourth-order valence-electron chi connectivity index (χ4n) is 50.5. The second-order valence-corrected chi connectivity index (χ2v) is 50.9. The summed E-state index contributed by atoms with van der Waals surface area (Å²) in [5.41, 5.74) is 2.85. The third-order valence-electron chi connectivity index (χ3n) is 47.3. The monoisotopic (exact) mass is 1400 g/mol. The van der Waals surface area contributed by atoms with Crippen LogP contribution in [-0.4, -0.2) is 32.6 Å². The lowest BCUT2D eigenvalue weighted by Crippen LogP contribution is -2.80. The van der Waals surface area contributed by atoms with Gasteiger partial charge in [0, 0.05) is 51.7 Å². The summed E-state index contributed by atoms with van der Waals surface area (Å²) in [6, 6.07) is 48.6. The van der Waals surface area contributed by atoms with Gasteiger partial charge in [-0.2, -0.15) is 0 Å². The highest BCUT2D eigenvalue weighted by Gasteiger charge is 3.01. The number of aromatic nitrogens is 2. The highest BCUT2D eigenvalue weighted by molar-refractivity contribution is 7.96. The van der Waals surface area contributed by atoms with Gasteiger partial charge in [0.05, 0.1) is 16.8 Å². The Labute approximate surface area is 622 Å². The Morgan fingerprint density at radius 3 is 1.11 bits per heavy atom. The van der Waals surface area contributed by atoms with Gasteiger partial charge in [0.25, 0.3) is 0 Å². The molecule has 0 aliphatic heterocycles. The molecule has 3 aromatic carbocycles. The third kappa shape index (κ3) is 4.44. The van der Waals surface area contributed by atoms with Gasteiger partial charge < -0.3 is 0 Å². The van der Waals surface area contributed by atoms with Crippen molar-refractivity contribution in [3.05, 3.63) is 162 Å². The zero-order chi connectivity index (χ0) is 67.9. The van der Waals surface area contributed by atoms with E-state index in [2.05, 4.69) is 181 Å². The van der Waals surface area contributed by atoms with Gasteiger partial charge in [-0.05, 0) is 360 Å². The van der Waals surface area contributed by atoms with Crippen molar-refractivity contribution in [2.45, 2.75) is 63.2 Å². The number of hydrogen-bond acceptors (Lipinski definition) is 5. The summed E-state index contributed by atoms with van der Waals surface area (Å²) in [6.45, 7) is 11.7. The van der Waals surface area contributed by atoms with E-state index in [0.29, 0.717) is 130 Å². The van der Waals surface area contributed by atoms with Gasteiger partial charge in [-0.1, -0.05) is 157 Å². The molecule has 5 nitrogen and oxygen atoms in total. The molecule has 2 heterocycles. The number of hydrogen-bond donors (Lipinski definition) is 0. The largest absolute Gasteiger partial charge is 0.299 e. The minimum absolute atomic E-state index is 0.0216. The second kappa shape index (κ2) is 15.6. The molecule has 30 aliphatic carbocycles. The molecular formula is C100H97N2O3P. The van der Waals surface area contributed by atoms with Crippen LogP contribution in [0.4, 0.5) is 0 Å². The molecule has 0 N–H and O–H groups in total. The average molecular weight is 1410 g/mol. The van der Waals surface area contributed by atoms with Crippen molar-refractivity contribution in [3.8, 4) is 0 Å². The summed E-state index contributed by atoms with van der Waals surface area (Å²) < 4.78 is 0. The minimum Gasteiger partial charge on any atom is -0.299 e. The zero-order valence-corrected chi connectivity index (χ0v) is 62.6. The first-order chi connectivity index (χ1) is 51.8. The Morgan fingerprint density at radius 2 is 0.679 bits per heavy atom. The maximum atomic E-state index is 20.1. The van der Waals surface area contributed by atoms with Crippen molar-refractivity contribution in [1.82, 2.24) is 9.97 Å². The number of carbonyl (C=O) groups is 3. The number of fused-ring (bicyclic) bond motifs is 6. The molecule has 29 saturated carbocycles. The van der Waals surface area contributed by atoms with Crippen LogP contribution in [0.25, 0.3) is 0 Å². The lowest BCUT2D eigenvalue weighted by atomic mass is 9.23. The molecule has 58 atom stereocenters. The maximum Gasteiger partial charge on any atom is 0.163 e. The van der Waals surface area contributed by atoms with E-state index in [1.807, 2.05) is 0 Å². The van der Waals surface area contributed by atoms with Gasteiger partial charge in [-0.15, -0.1) is 0 Å². The van der Waals surface area contributed by atoms with E-state index in [1.54, 1.807) is 0 Å². The molecule has 0 amide bonds. The summed E-state index contributed by atoms with van der Waals surface area (Å²) in [7, 11) is 0. The molecule has 5 aromatic rings. The predicted molar refractivity (Wildman–Crippen MR) is 399 cm³/mol. The summed E-state index contributed by atoms with van der Waals surface area (Å²) >= 11 is 0. The maximum absolute atomic E-state index is 20.1. The predicted octanol–water partition coefficient (Wildman–Crippen LogP) is 13.6.